The van der Waals surface area contributed by atoms with Crippen LogP contribution < -0.4 is 0 Å². The fourth-order valence-electron chi connectivity index (χ4n) is 3.85. The van der Waals surface area contributed by atoms with Crippen molar-refractivity contribution in [3.05, 3.63) is 101 Å². The zero-order valence-corrected chi connectivity index (χ0v) is 17.6. The van der Waals surface area contributed by atoms with E-state index in [1.165, 1.54) is 6.07 Å². The molecule has 0 unspecified atom stereocenters. The van der Waals surface area contributed by atoms with Crippen molar-refractivity contribution in [3.8, 4) is 22.6 Å². The van der Waals surface area contributed by atoms with Gasteiger partial charge >= 0.3 is 0 Å². The van der Waals surface area contributed by atoms with Crippen molar-refractivity contribution in [1.29, 1.82) is 0 Å². The number of hydrogen-bond donors (Lipinski definition) is 0. The molecule has 0 N–H and O–H groups in total. The van der Waals surface area contributed by atoms with Gasteiger partial charge in [0, 0.05) is 60.2 Å². The summed E-state index contributed by atoms with van der Waals surface area (Å²) in [5.41, 5.74) is 5.49. The van der Waals surface area contributed by atoms with Gasteiger partial charge in [0.2, 0.25) is 0 Å². The Morgan fingerprint density at radius 2 is 1.77 bits per heavy atom. The monoisotopic (exact) mass is 430 g/mol. The van der Waals surface area contributed by atoms with Gasteiger partial charge in [0.25, 0.3) is 0 Å². The van der Waals surface area contributed by atoms with E-state index in [-0.39, 0.29) is 5.82 Å². The molecule has 0 amide bonds. The van der Waals surface area contributed by atoms with Crippen LogP contribution in [0, 0.1) is 5.82 Å². The largest absolute Gasteiger partial charge is 0.294 e. The SMILES string of the molecule is Fc1ccccc1-c1ccc(CN2CCc3nc(-c4ccc(Cl)cc4)ncc3C2)cn1. The fourth-order valence-corrected chi connectivity index (χ4v) is 3.98. The smallest absolute Gasteiger partial charge is 0.159 e. The van der Waals surface area contributed by atoms with Gasteiger partial charge in [0.05, 0.1) is 11.4 Å². The molecule has 0 fully saturated rings. The van der Waals surface area contributed by atoms with Gasteiger partial charge in [0.15, 0.2) is 5.82 Å². The molecule has 154 valence electrons. The summed E-state index contributed by atoms with van der Waals surface area (Å²) in [4.78, 5) is 16.2. The number of fused-ring (bicyclic) bond motifs is 1. The Hall–Kier alpha value is -3.15. The Morgan fingerprint density at radius 3 is 2.55 bits per heavy atom. The van der Waals surface area contributed by atoms with Crippen LogP contribution in [0.2, 0.25) is 5.02 Å². The zero-order valence-electron chi connectivity index (χ0n) is 16.8. The van der Waals surface area contributed by atoms with E-state index in [1.807, 2.05) is 54.9 Å². The normalized spacial score (nSPS) is 13.7. The van der Waals surface area contributed by atoms with Gasteiger partial charge in [-0.25, -0.2) is 14.4 Å². The topological polar surface area (TPSA) is 41.9 Å². The van der Waals surface area contributed by atoms with Crippen molar-refractivity contribution in [2.75, 3.05) is 6.54 Å². The lowest BCUT2D eigenvalue weighted by atomic mass is 10.1. The summed E-state index contributed by atoms with van der Waals surface area (Å²) >= 11 is 5.98. The lowest BCUT2D eigenvalue weighted by Gasteiger charge is -2.28. The van der Waals surface area contributed by atoms with Crippen LogP contribution >= 0.6 is 11.6 Å². The third-order valence-corrected chi connectivity index (χ3v) is 5.75. The predicted molar refractivity (Wildman–Crippen MR) is 120 cm³/mol. The number of nitrogens with zero attached hydrogens (tertiary/aromatic N) is 4. The van der Waals surface area contributed by atoms with Gasteiger partial charge in [-0.1, -0.05) is 29.8 Å². The van der Waals surface area contributed by atoms with Crippen LogP contribution in [0.1, 0.15) is 16.8 Å². The zero-order chi connectivity index (χ0) is 21.2. The summed E-state index contributed by atoms with van der Waals surface area (Å²) in [5.74, 6) is 0.477. The van der Waals surface area contributed by atoms with Gasteiger partial charge in [-0.15, -0.1) is 0 Å². The molecule has 6 heteroatoms. The van der Waals surface area contributed by atoms with Crippen LogP contribution in [0.5, 0.6) is 0 Å². The Labute approximate surface area is 185 Å². The molecular formula is C25H20ClFN4. The third-order valence-electron chi connectivity index (χ3n) is 5.50. The minimum atomic E-state index is -0.256. The van der Waals surface area contributed by atoms with E-state index in [4.69, 9.17) is 16.6 Å². The summed E-state index contributed by atoms with van der Waals surface area (Å²) in [6.07, 6.45) is 4.63. The van der Waals surface area contributed by atoms with Crippen molar-refractivity contribution in [3.63, 3.8) is 0 Å². The van der Waals surface area contributed by atoms with Crippen LogP contribution in [0.25, 0.3) is 22.6 Å². The molecule has 0 aliphatic carbocycles. The van der Waals surface area contributed by atoms with Crippen LogP contribution in [0.4, 0.5) is 4.39 Å². The van der Waals surface area contributed by atoms with Crippen molar-refractivity contribution >= 4 is 11.6 Å². The van der Waals surface area contributed by atoms with Gasteiger partial charge in [-0.05, 0) is 48.0 Å². The summed E-state index contributed by atoms with van der Waals surface area (Å²) in [5, 5.41) is 0.703. The van der Waals surface area contributed by atoms with Crippen molar-refractivity contribution in [2.45, 2.75) is 19.5 Å². The summed E-state index contributed by atoms with van der Waals surface area (Å²) in [6, 6.07) is 18.2. The summed E-state index contributed by atoms with van der Waals surface area (Å²) < 4.78 is 14.0. The maximum atomic E-state index is 14.0. The highest BCUT2D eigenvalue weighted by Gasteiger charge is 2.19. The van der Waals surface area contributed by atoms with Crippen LogP contribution in [-0.4, -0.2) is 26.4 Å². The van der Waals surface area contributed by atoms with Gasteiger partial charge < -0.3 is 0 Å². The van der Waals surface area contributed by atoms with E-state index in [0.717, 1.165) is 54.3 Å². The van der Waals surface area contributed by atoms with Gasteiger partial charge in [0.1, 0.15) is 5.82 Å². The molecule has 0 spiro atoms. The lowest BCUT2D eigenvalue weighted by Crippen LogP contribution is -2.31. The molecule has 31 heavy (non-hydrogen) atoms. The number of halogens is 2. The quantitative estimate of drug-likeness (QED) is 0.425. The van der Waals surface area contributed by atoms with Crippen LogP contribution in [0.15, 0.2) is 73.1 Å². The van der Waals surface area contributed by atoms with Crippen molar-refractivity contribution < 1.29 is 4.39 Å². The molecule has 0 saturated carbocycles. The van der Waals surface area contributed by atoms with E-state index in [0.29, 0.717) is 16.3 Å². The Bertz CT molecular complexity index is 1210. The third kappa shape index (κ3) is 4.33. The Kier molecular flexibility index (Phi) is 5.45. The fraction of sp³-hybridized carbons (Fsp3) is 0.160. The highest BCUT2D eigenvalue weighted by molar-refractivity contribution is 6.30. The second-order valence-corrected chi connectivity index (χ2v) is 8.10. The Balaban J connectivity index is 1.28. The Morgan fingerprint density at radius 1 is 0.935 bits per heavy atom. The summed E-state index contributed by atoms with van der Waals surface area (Å²) in [6.45, 7) is 2.49. The number of aromatic nitrogens is 3. The first kappa shape index (κ1) is 19.8. The molecule has 2 aromatic carbocycles. The molecular weight excluding hydrogens is 411 g/mol. The molecule has 5 rings (SSSR count). The molecule has 2 aromatic heterocycles. The predicted octanol–water partition coefficient (Wildman–Crippen LogP) is 5.56. The lowest BCUT2D eigenvalue weighted by molar-refractivity contribution is 0.242. The van der Waals surface area contributed by atoms with Gasteiger partial charge in [-0.2, -0.15) is 0 Å². The molecule has 1 aliphatic heterocycles. The highest BCUT2D eigenvalue weighted by atomic mass is 35.5. The number of hydrogen-bond acceptors (Lipinski definition) is 4. The minimum absolute atomic E-state index is 0.256. The molecule has 0 saturated heterocycles. The highest BCUT2D eigenvalue weighted by Crippen LogP contribution is 2.24. The first-order chi connectivity index (χ1) is 15.2. The molecule has 1 aliphatic rings. The maximum Gasteiger partial charge on any atom is 0.159 e. The average molecular weight is 431 g/mol. The second kappa shape index (κ2) is 8.53. The van der Waals surface area contributed by atoms with Crippen molar-refractivity contribution in [1.82, 2.24) is 19.9 Å². The molecule has 4 nitrogen and oxygen atoms in total. The maximum absolute atomic E-state index is 14.0. The minimum Gasteiger partial charge on any atom is -0.294 e. The second-order valence-electron chi connectivity index (χ2n) is 7.66. The number of benzene rings is 2. The molecule has 0 bridgehead atoms. The van der Waals surface area contributed by atoms with E-state index in [2.05, 4.69) is 14.9 Å². The summed E-state index contributed by atoms with van der Waals surface area (Å²) in [7, 11) is 0. The van der Waals surface area contributed by atoms with Crippen LogP contribution in [-0.2, 0) is 19.5 Å². The van der Waals surface area contributed by atoms with Gasteiger partial charge in [-0.3, -0.25) is 9.88 Å². The standard InChI is InChI=1S/C25H20ClFN4/c26-20-8-6-18(7-9-20)25-29-14-19-16-31(12-11-23(19)30-25)15-17-5-10-24(28-13-17)21-3-1-2-4-22(21)27/h1-10,13-14H,11-12,15-16H2. The van der Waals surface area contributed by atoms with E-state index in [9.17, 15) is 4.39 Å². The number of rotatable bonds is 4. The first-order valence-corrected chi connectivity index (χ1v) is 10.6. The average Bonchev–Trinajstić information content (AvgIpc) is 2.80. The number of pyridine rings is 1. The molecule has 4 aromatic rings. The first-order valence-electron chi connectivity index (χ1n) is 10.2. The molecule has 3 heterocycles. The van der Waals surface area contributed by atoms with Crippen molar-refractivity contribution in [2.24, 2.45) is 0 Å². The van der Waals surface area contributed by atoms with Crippen LogP contribution in [0.3, 0.4) is 0 Å². The molecule has 0 atom stereocenters. The van der Waals surface area contributed by atoms with E-state index < -0.39 is 0 Å². The van der Waals surface area contributed by atoms with E-state index >= 15 is 0 Å². The molecule has 0 radical (unpaired) electrons. The van der Waals surface area contributed by atoms with E-state index in [1.54, 1.807) is 12.1 Å².